The molecule has 0 aliphatic rings. The number of benzene rings is 1. The van der Waals surface area contributed by atoms with Crippen molar-refractivity contribution in [1.29, 1.82) is 5.39 Å². The second-order valence-corrected chi connectivity index (χ2v) is 2.75. The van der Waals surface area contributed by atoms with Crippen LogP contribution in [0.1, 0.15) is 5.56 Å². The summed E-state index contributed by atoms with van der Waals surface area (Å²) in [6.07, 6.45) is 3.36. The number of hydrogen-bond acceptors (Lipinski definition) is 4. The third-order valence-corrected chi connectivity index (χ3v) is 1.53. The van der Waals surface area contributed by atoms with Crippen LogP contribution in [0.3, 0.4) is 0 Å². The summed E-state index contributed by atoms with van der Waals surface area (Å²) in [5.41, 5.74) is 3.36. The predicted octanol–water partition coefficient (Wildman–Crippen LogP) is 0.990. The van der Waals surface area contributed by atoms with E-state index in [4.69, 9.17) is 15.3 Å². The molecule has 0 radical (unpaired) electrons. The molecule has 0 spiro atoms. The maximum absolute atomic E-state index is 9.12. The van der Waals surface area contributed by atoms with Gasteiger partial charge in [0.2, 0.25) is 0 Å². The third kappa shape index (κ3) is 8.53. The van der Waals surface area contributed by atoms with Gasteiger partial charge in [-0.1, -0.05) is 30.3 Å². The van der Waals surface area contributed by atoms with Gasteiger partial charge in [0.25, 0.3) is 5.39 Å². The summed E-state index contributed by atoms with van der Waals surface area (Å²) >= 11 is 4.67. The molecule has 1 rings (SSSR count). The van der Waals surface area contributed by atoms with Crippen LogP contribution in [0.4, 0.5) is 0 Å². The maximum Gasteiger partial charge on any atom is 0.307 e. The Kier molecular flexibility index (Phi) is 8.27. The number of aliphatic carboxylic acids is 1. The highest BCUT2D eigenvalue weighted by Gasteiger charge is 1.82. The predicted molar refractivity (Wildman–Crippen MR) is 59.4 cm³/mol. The van der Waals surface area contributed by atoms with Crippen LogP contribution in [-0.2, 0) is 4.79 Å². The van der Waals surface area contributed by atoms with Crippen LogP contribution in [0, 0.1) is 5.39 Å². The van der Waals surface area contributed by atoms with E-state index in [1.807, 2.05) is 30.3 Å². The van der Waals surface area contributed by atoms with Crippen molar-refractivity contribution in [2.45, 2.75) is 0 Å². The molecule has 0 aliphatic heterocycles. The van der Waals surface area contributed by atoms with E-state index in [1.54, 1.807) is 12.3 Å². The summed E-state index contributed by atoms with van der Waals surface area (Å²) in [5, 5.41) is 19.8. The molecule has 0 heterocycles. The molecule has 0 saturated heterocycles. The molecule has 0 bridgehead atoms. The topological polar surface area (TPSA) is 80.3 Å². The molecule has 16 heavy (non-hydrogen) atoms. The number of carbonyl (C=O) groups is 1. The van der Waals surface area contributed by atoms with Crippen LogP contribution in [0.2, 0.25) is 0 Å². The van der Waals surface area contributed by atoms with Gasteiger partial charge in [-0.05, 0) is 17.1 Å². The second-order valence-electron chi connectivity index (χ2n) is 2.48. The summed E-state index contributed by atoms with van der Waals surface area (Å²) in [7, 11) is 0. The highest BCUT2D eigenvalue weighted by Crippen LogP contribution is 1.99. The number of nitrogens with one attached hydrogen (secondary N) is 1. The number of diazo groups is 1. The first-order chi connectivity index (χ1) is 7.70. The van der Waals surface area contributed by atoms with Crippen LogP contribution in [-0.4, -0.2) is 11.8 Å². The quantitative estimate of drug-likeness (QED) is 0.485. The van der Waals surface area contributed by atoms with Crippen molar-refractivity contribution < 1.29 is 9.90 Å². The van der Waals surface area contributed by atoms with Gasteiger partial charge in [0.05, 0.1) is 18.0 Å². The molecule has 1 aromatic rings. The first-order valence-corrected chi connectivity index (χ1v) is 4.81. The summed E-state index contributed by atoms with van der Waals surface area (Å²) in [6, 6.07) is 9.73. The number of carbonyl (C=O) groups excluding carboxylic acids is 1. The summed E-state index contributed by atoms with van der Waals surface area (Å²) in [4.78, 5) is 9.12. The van der Waals surface area contributed by atoms with Crippen molar-refractivity contribution in [3.8, 4) is 0 Å². The number of nitrogens with zero attached hydrogens (tertiary/aromatic N) is 2. The van der Waals surface area contributed by atoms with Gasteiger partial charge in [-0.2, -0.15) is 0 Å². The zero-order valence-corrected chi connectivity index (χ0v) is 9.09. The van der Waals surface area contributed by atoms with Gasteiger partial charge in [0.15, 0.2) is 0 Å². The zero-order valence-electron chi connectivity index (χ0n) is 8.34. The standard InChI is InChI=1S/C8H8N3.C2H3ClO2/c9-11-10-7-6-8-4-2-1-3-5-8;3-1-2(4)5/h1-7,10H;1H2,(H,4,5)/q+1;/p-1/b7-6+;. The van der Waals surface area contributed by atoms with Crippen molar-refractivity contribution in [2.24, 2.45) is 0 Å². The number of halogens is 1. The van der Waals surface area contributed by atoms with Crippen molar-refractivity contribution >= 4 is 23.6 Å². The summed E-state index contributed by atoms with van der Waals surface area (Å²) < 4.78 is 0. The molecule has 84 valence electrons. The lowest BCUT2D eigenvalue weighted by atomic mass is 10.2. The van der Waals surface area contributed by atoms with Crippen LogP contribution >= 0.6 is 11.6 Å². The fourth-order valence-corrected chi connectivity index (χ4v) is 0.731. The van der Waals surface area contributed by atoms with E-state index in [0.717, 1.165) is 5.56 Å². The molecule has 6 heteroatoms. The minimum Gasteiger partial charge on any atom is -0.549 e. The van der Waals surface area contributed by atoms with Gasteiger partial charge in [0.1, 0.15) is 0 Å². The summed E-state index contributed by atoms with van der Waals surface area (Å²) in [6.45, 7) is 0. The number of rotatable bonds is 3. The fourth-order valence-electron chi connectivity index (χ4n) is 0.731. The monoisotopic (exact) mass is 239 g/mol. The average Bonchev–Trinajstić information content (AvgIpc) is 2.31. The molecule has 0 fully saturated rings. The van der Waals surface area contributed by atoms with Crippen LogP contribution in [0.5, 0.6) is 0 Å². The van der Waals surface area contributed by atoms with Gasteiger partial charge < -0.3 is 9.90 Å². The SMILES string of the molecule is N#[N+]N/C=C/c1ccccc1.O=C([O-])CCl. The Morgan fingerprint density at radius 3 is 2.50 bits per heavy atom. The Labute approximate surface area is 97.9 Å². The first kappa shape index (κ1) is 13.9. The fraction of sp³-hybridized carbons (Fsp3) is 0.100. The smallest absolute Gasteiger partial charge is 0.307 e. The van der Waals surface area contributed by atoms with Gasteiger partial charge in [-0.3, -0.25) is 0 Å². The van der Waals surface area contributed by atoms with Crippen molar-refractivity contribution in [3.05, 3.63) is 47.2 Å². The number of hydrogen-bond donors (Lipinski definition) is 1. The van der Waals surface area contributed by atoms with E-state index in [-0.39, 0.29) is 0 Å². The van der Waals surface area contributed by atoms with E-state index in [9.17, 15) is 0 Å². The molecule has 1 N–H and O–H groups in total. The van der Waals surface area contributed by atoms with Gasteiger partial charge >= 0.3 is 5.08 Å². The average molecular weight is 240 g/mol. The lowest BCUT2D eigenvalue weighted by molar-refractivity contribution is -0.301. The molecular formula is C10H10ClN3O2. The minimum atomic E-state index is -1.23. The van der Waals surface area contributed by atoms with Gasteiger partial charge in [0, 0.05) is 0 Å². The molecule has 5 nitrogen and oxygen atoms in total. The molecule has 0 atom stereocenters. The van der Waals surface area contributed by atoms with E-state index in [0.29, 0.717) is 0 Å². The molecular weight excluding hydrogens is 230 g/mol. The Morgan fingerprint density at radius 1 is 1.50 bits per heavy atom. The highest BCUT2D eigenvalue weighted by atomic mass is 35.5. The first-order valence-electron chi connectivity index (χ1n) is 4.27. The second kappa shape index (κ2) is 9.49. The van der Waals surface area contributed by atoms with Gasteiger partial charge in [-0.15, -0.1) is 11.6 Å². The van der Waals surface area contributed by atoms with E-state index >= 15 is 0 Å². The highest BCUT2D eigenvalue weighted by molar-refractivity contribution is 6.25. The summed E-state index contributed by atoms with van der Waals surface area (Å²) in [5.74, 6) is -1.65. The van der Waals surface area contributed by atoms with Crippen LogP contribution in [0.15, 0.2) is 36.5 Å². The Bertz CT molecular complexity index is 373. The molecule has 1 aromatic carbocycles. The normalized spacial score (nSPS) is 8.75. The lowest BCUT2D eigenvalue weighted by Gasteiger charge is -1.86. The Hall–Kier alpha value is -2.06. The lowest BCUT2D eigenvalue weighted by Crippen LogP contribution is -2.23. The van der Waals surface area contributed by atoms with Gasteiger partial charge in [-0.25, -0.2) is 0 Å². The molecule has 0 unspecified atom stereocenters. The Morgan fingerprint density at radius 2 is 2.06 bits per heavy atom. The number of carboxylic acid groups (broad SMARTS) is 1. The maximum atomic E-state index is 9.12. The zero-order chi connectivity index (χ0) is 12.2. The van der Waals surface area contributed by atoms with Crippen molar-refractivity contribution in [2.75, 3.05) is 5.88 Å². The molecule has 0 aliphatic carbocycles. The van der Waals surface area contributed by atoms with E-state index in [2.05, 4.69) is 22.1 Å². The number of carboxylic acids is 1. The molecule has 0 aromatic heterocycles. The van der Waals surface area contributed by atoms with Crippen LogP contribution < -0.4 is 10.5 Å². The molecule has 0 saturated carbocycles. The van der Waals surface area contributed by atoms with Crippen molar-refractivity contribution in [1.82, 2.24) is 5.43 Å². The third-order valence-electron chi connectivity index (χ3n) is 1.32. The van der Waals surface area contributed by atoms with E-state index < -0.39 is 11.8 Å². The largest absolute Gasteiger partial charge is 0.549 e. The Balaban J connectivity index is 0.000000385. The molecule has 0 amide bonds. The van der Waals surface area contributed by atoms with Crippen LogP contribution in [0.25, 0.3) is 11.2 Å². The number of alkyl halides is 1. The van der Waals surface area contributed by atoms with E-state index in [1.165, 1.54) is 0 Å². The van der Waals surface area contributed by atoms with Crippen molar-refractivity contribution in [3.63, 3.8) is 0 Å². The minimum absolute atomic E-state index is 0.417.